The molecule has 0 unspecified atom stereocenters. The Hall–Kier alpha value is -4.26. The second kappa shape index (κ2) is 12.5. The molecule has 2 aromatic carbocycles. The average Bonchev–Trinajstić information content (AvgIpc) is 3.00. The lowest BCUT2D eigenvalue weighted by atomic mass is 9.97. The molecular formula is C29H31N5O6S. The van der Waals surface area contributed by atoms with Crippen LogP contribution in [0.4, 0.5) is 5.95 Å². The van der Waals surface area contributed by atoms with Crippen LogP contribution in [0.2, 0.25) is 0 Å². The zero-order valence-corrected chi connectivity index (χ0v) is 23.5. The molecule has 2 aromatic heterocycles. The molecule has 3 heterocycles. The van der Waals surface area contributed by atoms with Gasteiger partial charge in [0, 0.05) is 31.0 Å². The SMILES string of the molecule is COc1cc(OC)nc(NS(=O)(=O)c2ccc(-c3ccc4c(c3)CC[C@H](CNC[C@H](O)c3cccnc3)O4)cc2)n1. The van der Waals surface area contributed by atoms with Gasteiger partial charge >= 0.3 is 0 Å². The second-order valence-corrected chi connectivity index (χ2v) is 11.1. The molecule has 0 fully saturated rings. The van der Waals surface area contributed by atoms with E-state index in [1.807, 2.05) is 18.2 Å². The molecule has 0 bridgehead atoms. The number of aromatic nitrogens is 3. The van der Waals surface area contributed by atoms with E-state index in [1.54, 1.807) is 30.6 Å². The summed E-state index contributed by atoms with van der Waals surface area (Å²) in [5.74, 6) is 1.02. The third-order valence-corrected chi connectivity index (χ3v) is 8.03. The Bertz CT molecular complexity index is 1560. The lowest BCUT2D eigenvalue weighted by molar-refractivity contribution is 0.146. The van der Waals surface area contributed by atoms with Crippen molar-refractivity contribution < 1.29 is 27.7 Å². The van der Waals surface area contributed by atoms with Crippen LogP contribution >= 0.6 is 0 Å². The second-order valence-electron chi connectivity index (χ2n) is 9.47. The summed E-state index contributed by atoms with van der Waals surface area (Å²) in [7, 11) is -1.11. The van der Waals surface area contributed by atoms with Crippen molar-refractivity contribution in [2.45, 2.75) is 29.9 Å². The van der Waals surface area contributed by atoms with Crippen LogP contribution in [0, 0.1) is 0 Å². The summed E-state index contributed by atoms with van der Waals surface area (Å²) in [6, 6.07) is 17.7. The van der Waals surface area contributed by atoms with Crippen molar-refractivity contribution in [1.29, 1.82) is 0 Å². The average molecular weight is 578 g/mol. The van der Waals surface area contributed by atoms with Crippen LogP contribution in [0.3, 0.4) is 0 Å². The number of sulfonamides is 1. The Labute approximate surface area is 238 Å². The van der Waals surface area contributed by atoms with Crippen LogP contribution in [0.1, 0.15) is 23.7 Å². The number of hydrogen-bond donors (Lipinski definition) is 3. The minimum absolute atomic E-state index is 0.0000290. The molecule has 11 nitrogen and oxygen atoms in total. The number of ether oxygens (including phenoxy) is 3. The van der Waals surface area contributed by atoms with Gasteiger partial charge in [0.1, 0.15) is 11.9 Å². The number of hydrogen-bond acceptors (Lipinski definition) is 10. The molecule has 214 valence electrons. The Balaban J connectivity index is 1.20. The Morgan fingerprint density at radius 2 is 1.76 bits per heavy atom. The number of methoxy groups -OCH3 is 2. The number of aryl methyl sites for hydroxylation is 1. The standard InChI is InChI=1S/C29H31N5O6S/c1-38-27-15-28(39-2)33-29(32-27)34-41(36,37)24-10-6-19(7-11-24)20-8-12-26-21(14-20)5-9-23(40-26)17-31-18-25(35)22-4-3-13-30-16-22/h3-4,6-8,10-16,23,25,31,35H,5,9,17-18H2,1-2H3,(H,32,33,34)/t23-,25+/m1/s1. The largest absolute Gasteiger partial charge is 0.489 e. The minimum Gasteiger partial charge on any atom is -0.489 e. The first-order valence-electron chi connectivity index (χ1n) is 13.0. The Morgan fingerprint density at radius 1 is 1.02 bits per heavy atom. The van der Waals surface area contributed by atoms with Crippen molar-refractivity contribution in [1.82, 2.24) is 20.3 Å². The maximum Gasteiger partial charge on any atom is 0.264 e. The quantitative estimate of drug-likeness (QED) is 0.243. The number of aliphatic hydroxyl groups excluding tert-OH is 1. The first kappa shape index (κ1) is 28.3. The van der Waals surface area contributed by atoms with Gasteiger partial charge < -0.3 is 24.6 Å². The highest BCUT2D eigenvalue weighted by atomic mass is 32.2. The van der Waals surface area contributed by atoms with Gasteiger partial charge in [0.15, 0.2) is 0 Å². The molecule has 0 amide bonds. The van der Waals surface area contributed by atoms with E-state index in [1.165, 1.54) is 32.4 Å². The highest BCUT2D eigenvalue weighted by molar-refractivity contribution is 7.92. The van der Waals surface area contributed by atoms with E-state index in [4.69, 9.17) is 14.2 Å². The molecular weight excluding hydrogens is 546 g/mol. The highest BCUT2D eigenvalue weighted by Crippen LogP contribution is 2.32. The van der Waals surface area contributed by atoms with Gasteiger partial charge in [-0.3, -0.25) is 4.98 Å². The fourth-order valence-electron chi connectivity index (χ4n) is 4.50. The molecule has 2 atom stereocenters. The van der Waals surface area contributed by atoms with E-state index < -0.39 is 16.1 Å². The molecule has 3 N–H and O–H groups in total. The summed E-state index contributed by atoms with van der Waals surface area (Å²) in [5.41, 5.74) is 3.70. The van der Waals surface area contributed by atoms with Crippen LogP contribution in [0.25, 0.3) is 11.1 Å². The van der Waals surface area contributed by atoms with Gasteiger partial charge in [0.2, 0.25) is 17.7 Å². The third kappa shape index (κ3) is 6.91. The molecule has 1 aliphatic heterocycles. The maximum atomic E-state index is 12.9. The molecule has 0 saturated heterocycles. The normalized spacial score (nSPS) is 15.3. The van der Waals surface area contributed by atoms with Crippen molar-refractivity contribution >= 4 is 16.0 Å². The van der Waals surface area contributed by atoms with Crippen molar-refractivity contribution in [2.24, 2.45) is 0 Å². The van der Waals surface area contributed by atoms with E-state index in [9.17, 15) is 13.5 Å². The van der Waals surface area contributed by atoms with Gasteiger partial charge in [-0.2, -0.15) is 9.97 Å². The zero-order chi connectivity index (χ0) is 28.8. The first-order chi connectivity index (χ1) is 19.8. The number of nitrogens with one attached hydrogen (secondary N) is 2. The Morgan fingerprint density at radius 3 is 2.44 bits per heavy atom. The fourth-order valence-corrected chi connectivity index (χ4v) is 5.45. The monoisotopic (exact) mass is 577 g/mol. The van der Waals surface area contributed by atoms with Crippen LogP contribution in [-0.2, 0) is 16.4 Å². The zero-order valence-electron chi connectivity index (χ0n) is 22.6. The van der Waals surface area contributed by atoms with Crippen LogP contribution in [-0.4, -0.2) is 61.9 Å². The fraction of sp³-hybridized carbons (Fsp3) is 0.276. The van der Waals surface area contributed by atoms with Crippen LogP contribution < -0.4 is 24.2 Å². The lowest BCUT2D eigenvalue weighted by Gasteiger charge is -2.27. The van der Waals surface area contributed by atoms with Crippen molar-refractivity contribution in [3.05, 3.63) is 84.2 Å². The van der Waals surface area contributed by atoms with Gasteiger partial charge in [-0.1, -0.05) is 24.3 Å². The molecule has 41 heavy (non-hydrogen) atoms. The number of pyridine rings is 1. The van der Waals surface area contributed by atoms with Crippen molar-refractivity contribution in [3.63, 3.8) is 0 Å². The molecule has 0 radical (unpaired) electrons. The Kier molecular flexibility index (Phi) is 8.62. The topological polar surface area (TPSA) is 145 Å². The highest BCUT2D eigenvalue weighted by Gasteiger charge is 2.21. The lowest BCUT2D eigenvalue weighted by Crippen LogP contribution is -2.36. The number of anilines is 1. The summed E-state index contributed by atoms with van der Waals surface area (Å²) < 4.78 is 44.6. The molecule has 5 rings (SSSR count). The van der Waals surface area contributed by atoms with Crippen LogP contribution in [0.15, 0.2) is 78.0 Å². The van der Waals surface area contributed by atoms with E-state index in [-0.39, 0.29) is 28.7 Å². The summed E-state index contributed by atoms with van der Waals surface area (Å²) in [5, 5.41) is 13.6. The number of rotatable bonds is 11. The molecule has 0 spiro atoms. The predicted octanol–water partition coefficient (Wildman–Crippen LogP) is 3.37. The molecule has 1 aliphatic rings. The molecule has 12 heteroatoms. The van der Waals surface area contributed by atoms with Gasteiger partial charge in [-0.15, -0.1) is 0 Å². The predicted molar refractivity (Wildman–Crippen MR) is 153 cm³/mol. The summed E-state index contributed by atoms with van der Waals surface area (Å²) in [4.78, 5) is 12.2. The summed E-state index contributed by atoms with van der Waals surface area (Å²) in [6.07, 6.45) is 4.40. The maximum absolute atomic E-state index is 12.9. The van der Waals surface area contributed by atoms with Crippen molar-refractivity contribution in [3.8, 4) is 28.6 Å². The first-order valence-corrected chi connectivity index (χ1v) is 14.5. The number of fused-ring (bicyclic) bond motifs is 1. The molecule has 0 aliphatic carbocycles. The van der Waals surface area contributed by atoms with E-state index in [0.717, 1.165) is 40.8 Å². The summed E-state index contributed by atoms with van der Waals surface area (Å²) in [6.45, 7) is 1.04. The van der Waals surface area contributed by atoms with E-state index in [0.29, 0.717) is 13.1 Å². The van der Waals surface area contributed by atoms with E-state index in [2.05, 4.69) is 31.1 Å². The number of benzene rings is 2. The molecule has 0 saturated carbocycles. The van der Waals surface area contributed by atoms with Gasteiger partial charge in [-0.05, 0) is 59.9 Å². The van der Waals surface area contributed by atoms with Crippen molar-refractivity contribution in [2.75, 3.05) is 32.0 Å². The van der Waals surface area contributed by atoms with E-state index >= 15 is 0 Å². The van der Waals surface area contributed by atoms with Gasteiger partial charge in [0.05, 0.1) is 31.3 Å². The minimum atomic E-state index is -3.94. The summed E-state index contributed by atoms with van der Waals surface area (Å²) >= 11 is 0. The number of aliphatic hydroxyl groups is 1. The smallest absolute Gasteiger partial charge is 0.264 e. The number of nitrogens with zero attached hydrogens (tertiary/aromatic N) is 3. The van der Waals surface area contributed by atoms with Gasteiger partial charge in [-0.25, -0.2) is 13.1 Å². The third-order valence-electron chi connectivity index (χ3n) is 6.69. The van der Waals surface area contributed by atoms with Crippen LogP contribution in [0.5, 0.6) is 17.5 Å². The molecule has 4 aromatic rings. The van der Waals surface area contributed by atoms with Gasteiger partial charge in [0.25, 0.3) is 10.0 Å².